The first-order valence-electron chi connectivity index (χ1n) is 8.89. The molecule has 0 saturated carbocycles. The fraction of sp³-hybridized carbons (Fsp3) is 0.250. The van der Waals surface area contributed by atoms with Gasteiger partial charge in [-0.2, -0.15) is 0 Å². The molecule has 0 radical (unpaired) electrons. The van der Waals surface area contributed by atoms with E-state index in [1.165, 1.54) is 4.57 Å². The Kier molecular flexibility index (Phi) is 5.67. The zero-order chi connectivity index (χ0) is 20.3. The molecule has 0 aliphatic rings. The van der Waals surface area contributed by atoms with Crippen LogP contribution in [0.15, 0.2) is 52.1 Å². The first-order chi connectivity index (χ1) is 13.4. The minimum absolute atomic E-state index is 0.192. The Morgan fingerprint density at radius 1 is 1.07 bits per heavy atom. The van der Waals surface area contributed by atoms with Gasteiger partial charge in [0.15, 0.2) is 0 Å². The van der Waals surface area contributed by atoms with E-state index in [0.29, 0.717) is 23.4 Å². The van der Waals surface area contributed by atoms with Crippen molar-refractivity contribution in [1.82, 2.24) is 9.13 Å². The number of rotatable bonds is 6. The molecule has 0 atom stereocenters. The molecule has 3 rings (SSSR count). The molecule has 0 aliphatic carbocycles. The van der Waals surface area contributed by atoms with Crippen LogP contribution in [0.25, 0.3) is 10.9 Å². The largest absolute Gasteiger partial charge is 0.331 e. The fourth-order valence-corrected chi connectivity index (χ4v) is 2.96. The number of amides is 1. The summed E-state index contributed by atoms with van der Waals surface area (Å²) in [5.74, 6) is -2.35. The van der Waals surface area contributed by atoms with Gasteiger partial charge in [0.05, 0.1) is 16.6 Å². The molecule has 0 saturated heterocycles. The lowest BCUT2D eigenvalue weighted by Crippen LogP contribution is -2.41. The highest BCUT2D eigenvalue weighted by molar-refractivity contribution is 5.91. The van der Waals surface area contributed by atoms with E-state index in [0.717, 1.165) is 23.1 Å². The molecule has 8 heteroatoms. The van der Waals surface area contributed by atoms with Gasteiger partial charge in [0.25, 0.3) is 5.56 Å². The normalized spacial score (nSPS) is 11.0. The summed E-state index contributed by atoms with van der Waals surface area (Å²) in [6.45, 7) is 1.77. The van der Waals surface area contributed by atoms with Crippen LogP contribution in [-0.2, 0) is 17.9 Å². The Morgan fingerprint density at radius 3 is 2.54 bits per heavy atom. The first kappa shape index (κ1) is 19.5. The molecule has 6 nitrogen and oxygen atoms in total. The fourth-order valence-electron chi connectivity index (χ4n) is 2.96. The monoisotopic (exact) mass is 387 g/mol. The Morgan fingerprint density at radius 2 is 1.82 bits per heavy atom. The second kappa shape index (κ2) is 8.16. The number of fused-ring (bicyclic) bond motifs is 1. The standard InChI is InChI=1S/C20H19F2N3O3/c1-2-3-10-24-19(27)14-6-4-5-7-17(14)25(20(24)28)12-18(26)23-16-9-8-13(21)11-15(16)22/h4-9,11H,2-3,10,12H2,1H3,(H,23,26). The zero-order valence-corrected chi connectivity index (χ0v) is 15.2. The molecule has 1 aromatic heterocycles. The van der Waals surface area contributed by atoms with Crippen LogP contribution >= 0.6 is 0 Å². The van der Waals surface area contributed by atoms with Crippen molar-refractivity contribution in [2.75, 3.05) is 5.32 Å². The van der Waals surface area contributed by atoms with Gasteiger partial charge in [0, 0.05) is 12.6 Å². The van der Waals surface area contributed by atoms with Crippen LogP contribution in [0.3, 0.4) is 0 Å². The predicted octanol–water partition coefficient (Wildman–Crippen LogP) is 2.88. The van der Waals surface area contributed by atoms with Crippen molar-refractivity contribution in [2.24, 2.45) is 0 Å². The van der Waals surface area contributed by atoms with Crippen LogP contribution < -0.4 is 16.6 Å². The van der Waals surface area contributed by atoms with Crippen LogP contribution in [-0.4, -0.2) is 15.0 Å². The molecule has 0 bridgehead atoms. The van der Waals surface area contributed by atoms with Gasteiger partial charge in [0.1, 0.15) is 18.2 Å². The van der Waals surface area contributed by atoms with Gasteiger partial charge < -0.3 is 5.32 Å². The highest BCUT2D eigenvalue weighted by Crippen LogP contribution is 2.15. The van der Waals surface area contributed by atoms with Gasteiger partial charge in [-0.1, -0.05) is 25.5 Å². The summed E-state index contributed by atoms with van der Waals surface area (Å²) in [5, 5.41) is 2.65. The highest BCUT2D eigenvalue weighted by atomic mass is 19.1. The second-order valence-corrected chi connectivity index (χ2v) is 6.37. The van der Waals surface area contributed by atoms with E-state index in [1.54, 1.807) is 24.3 Å². The van der Waals surface area contributed by atoms with Crippen molar-refractivity contribution in [3.63, 3.8) is 0 Å². The summed E-state index contributed by atoms with van der Waals surface area (Å²) >= 11 is 0. The Hall–Kier alpha value is -3.29. The van der Waals surface area contributed by atoms with E-state index in [9.17, 15) is 23.2 Å². The molecule has 3 aromatic rings. The smallest absolute Gasteiger partial charge is 0.322 e. The number of hydrogen-bond acceptors (Lipinski definition) is 3. The van der Waals surface area contributed by atoms with Crippen molar-refractivity contribution in [1.29, 1.82) is 0 Å². The maximum Gasteiger partial charge on any atom is 0.331 e. The number of halogens is 2. The molecule has 0 aliphatic heterocycles. The van der Waals surface area contributed by atoms with E-state index in [4.69, 9.17) is 0 Å². The summed E-state index contributed by atoms with van der Waals surface area (Å²) < 4.78 is 29.1. The average molecular weight is 387 g/mol. The first-order valence-corrected chi connectivity index (χ1v) is 8.89. The molecule has 2 aromatic carbocycles. The summed E-state index contributed by atoms with van der Waals surface area (Å²) in [6.07, 6.45) is 1.43. The number of benzene rings is 2. The zero-order valence-electron chi connectivity index (χ0n) is 15.2. The Balaban J connectivity index is 2.01. The van der Waals surface area contributed by atoms with Gasteiger partial charge in [0.2, 0.25) is 5.91 Å². The van der Waals surface area contributed by atoms with Crippen molar-refractivity contribution in [2.45, 2.75) is 32.9 Å². The predicted molar refractivity (Wildman–Crippen MR) is 102 cm³/mol. The van der Waals surface area contributed by atoms with Crippen LogP contribution in [0.1, 0.15) is 19.8 Å². The molecule has 28 heavy (non-hydrogen) atoms. The van der Waals surface area contributed by atoms with Crippen molar-refractivity contribution < 1.29 is 13.6 Å². The van der Waals surface area contributed by atoms with Crippen LogP contribution in [0.4, 0.5) is 14.5 Å². The van der Waals surface area contributed by atoms with Crippen molar-refractivity contribution in [3.05, 3.63) is 74.9 Å². The van der Waals surface area contributed by atoms with E-state index in [2.05, 4.69) is 5.32 Å². The summed E-state index contributed by atoms with van der Waals surface area (Å²) in [6, 6.07) is 9.28. The number of nitrogens with zero attached hydrogens (tertiary/aromatic N) is 2. The summed E-state index contributed by atoms with van der Waals surface area (Å²) in [7, 11) is 0. The lowest BCUT2D eigenvalue weighted by molar-refractivity contribution is -0.116. The number of carbonyl (C=O) groups is 1. The average Bonchev–Trinajstić information content (AvgIpc) is 2.67. The SMILES string of the molecule is CCCCn1c(=O)c2ccccc2n(CC(=O)Nc2ccc(F)cc2F)c1=O. The molecule has 1 amide bonds. The third-order valence-electron chi connectivity index (χ3n) is 4.37. The van der Waals surface area contributed by atoms with Gasteiger partial charge in [-0.05, 0) is 30.7 Å². The molecule has 0 unspecified atom stereocenters. The minimum Gasteiger partial charge on any atom is -0.322 e. The quantitative estimate of drug-likeness (QED) is 0.707. The van der Waals surface area contributed by atoms with E-state index in [1.807, 2.05) is 6.92 Å². The molecule has 146 valence electrons. The molecule has 0 fully saturated rings. The second-order valence-electron chi connectivity index (χ2n) is 6.37. The highest BCUT2D eigenvalue weighted by Gasteiger charge is 2.16. The summed E-state index contributed by atoms with van der Waals surface area (Å²) in [5.41, 5.74) is -0.884. The van der Waals surface area contributed by atoms with Gasteiger partial charge in [-0.3, -0.25) is 18.7 Å². The number of unbranched alkanes of at least 4 members (excludes halogenated alkanes) is 1. The lowest BCUT2D eigenvalue weighted by Gasteiger charge is -2.14. The van der Waals surface area contributed by atoms with Gasteiger partial charge >= 0.3 is 5.69 Å². The van der Waals surface area contributed by atoms with Crippen molar-refractivity contribution >= 4 is 22.5 Å². The molecular weight excluding hydrogens is 368 g/mol. The van der Waals surface area contributed by atoms with Crippen molar-refractivity contribution in [3.8, 4) is 0 Å². The number of hydrogen-bond donors (Lipinski definition) is 1. The number of anilines is 1. The number of nitrogens with one attached hydrogen (secondary N) is 1. The van der Waals surface area contributed by atoms with Gasteiger partial charge in [-0.25, -0.2) is 13.6 Å². The summed E-state index contributed by atoms with van der Waals surface area (Å²) in [4.78, 5) is 37.9. The number of aromatic nitrogens is 2. The molecule has 1 heterocycles. The van der Waals surface area contributed by atoms with E-state index < -0.39 is 35.3 Å². The van der Waals surface area contributed by atoms with Crippen LogP contribution in [0.5, 0.6) is 0 Å². The third kappa shape index (κ3) is 3.85. The lowest BCUT2D eigenvalue weighted by atomic mass is 10.2. The maximum absolute atomic E-state index is 13.8. The minimum atomic E-state index is -0.918. The Bertz CT molecular complexity index is 1150. The van der Waals surface area contributed by atoms with Crippen LogP contribution in [0.2, 0.25) is 0 Å². The molecule has 1 N–H and O–H groups in total. The van der Waals surface area contributed by atoms with Gasteiger partial charge in [-0.15, -0.1) is 0 Å². The topological polar surface area (TPSA) is 73.1 Å². The third-order valence-corrected chi connectivity index (χ3v) is 4.37. The number of carbonyl (C=O) groups excluding carboxylic acids is 1. The number of para-hydroxylation sites is 1. The van der Waals surface area contributed by atoms with E-state index in [-0.39, 0.29) is 12.2 Å². The van der Waals surface area contributed by atoms with Crippen LogP contribution in [0, 0.1) is 11.6 Å². The van der Waals surface area contributed by atoms with E-state index >= 15 is 0 Å². The molecule has 0 spiro atoms. The maximum atomic E-state index is 13.8. The molecular formula is C20H19F2N3O3. The Labute approximate surface area is 159 Å².